The third-order valence-corrected chi connectivity index (χ3v) is 30.9. The number of benzene rings is 3. The first kappa shape index (κ1) is 112. The molecule has 141 heavy (non-hydrogen) atoms. The van der Waals surface area contributed by atoms with Gasteiger partial charge in [0.1, 0.15) is 95.2 Å². The summed E-state index contributed by atoms with van der Waals surface area (Å²) in [6, 6.07) is 1.13. The number of aliphatic hydroxyl groups is 5. The van der Waals surface area contributed by atoms with Gasteiger partial charge in [0.2, 0.25) is 0 Å². The Labute approximate surface area is 842 Å². The van der Waals surface area contributed by atoms with Gasteiger partial charge >= 0.3 is 41.5 Å². The number of hydrogen-bond donors (Lipinski definition) is 5. The van der Waals surface area contributed by atoms with Gasteiger partial charge in [0.25, 0.3) is 0 Å². The van der Waals surface area contributed by atoms with Gasteiger partial charge in [0, 0.05) is 98.8 Å². The molecule has 0 amide bonds. The largest absolute Gasteiger partial charge is 1.00 e. The van der Waals surface area contributed by atoms with Crippen LogP contribution in [0.3, 0.4) is 0 Å². The van der Waals surface area contributed by atoms with Crippen LogP contribution in [0, 0.1) is 82.5 Å². The number of aromatic nitrogens is 15. The van der Waals surface area contributed by atoms with Crippen molar-refractivity contribution < 1.29 is 161 Å². The molecule has 0 bridgehead atoms. The van der Waals surface area contributed by atoms with Crippen LogP contribution in [-0.2, 0) is 61.7 Å². The first-order valence-corrected chi connectivity index (χ1v) is 49.1. The van der Waals surface area contributed by atoms with E-state index in [1.54, 1.807) is 9.36 Å². The molecule has 3 aromatic carbocycles. The molecule has 0 radical (unpaired) electrons. The Hall–Kier alpha value is -8.01. The van der Waals surface area contributed by atoms with Crippen molar-refractivity contribution in [1.82, 2.24) is 75.0 Å². The first-order valence-electron chi connectivity index (χ1n) is 46.3. The second-order valence-electron chi connectivity index (χ2n) is 35.6. The van der Waals surface area contributed by atoms with Crippen molar-refractivity contribution in [3.8, 4) is 46.1 Å². The Morgan fingerprint density at radius 1 is 0.475 bits per heavy atom. The molecule has 17 rings (SSSR count). The van der Waals surface area contributed by atoms with E-state index in [-0.39, 0.29) is 128 Å². The molecule has 37 nitrogen and oxygen atoms in total. The van der Waals surface area contributed by atoms with Crippen LogP contribution in [0.2, 0.25) is 0 Å². The average Bonchev–Trinajstić information content (AvgIpc) is 1.36. The van der Waals surface area contributed by atoms with Crippen molar-refractivity contribution >= 4 is 47.2 Å². The van der Waals surface area contributed by atoms with E-state index >= 15 is 0 Å². The number of ether oxygens (including phenoxy) is 11. The SMILES string of the molecule is C#CC1CCCCC1.COC1C(SC2COCC(N=[N+]=[N-])C2O)OC(COC(C)=O)C(C)C1n1cc(-c2cc(F)c(F)c(F)c2)nn1.COC1C(SC2COCC(n3cc(C4CCCCC4)nn3)C2O)OC(CO)C(O)C1n1cc(-c2cc(F)c(F)c(F)c2)nn1.COC1C(SC2COCC(n3cc(C4CCCCC4)nn3)C2O)OC(COC(C)=O)C(C)C1n1cc(-c2cc(F)c(F)c(F)c2)nn1.C[O-].[Na+]. The number of rotatable bonds is 25. The molecule has 3 saturated carbocycles. The Bertz CT molecular complexity index is 5380. The van der Waals surface area contributed by atoms with Gasteiger partial charge in [-0.1, -0.05) is 103 Å². The molecular formula is C91H116F9N18NaO19S3. The first-order chi connectivity index (χ1) is 67.5. The zero-order chi connectivity index (χ0) is 100. The van der Waals surface area contributed by atoms with E-state index in [1.165, 1.54) is 161 Å². The average molecular weight is 2060 g/mol. The maximum Gasteiger partial charge on any atom is 1.00 e. The molecule has 24 atom stereocenters. The fraction of sp³-hybridized carbons (Fsp3) is 0.648. The minimum Gasteiger partial charge on any atom is -0.857 e. The third kappa shape index (κ3) is 27.3. The molecule has 50 heteroatoms. The predicted octanol–water partition coefficient (Wildman–Crippen LogP) is 7.78. The summed E-state index contributed by atoms with van der Waals surface area (Å²) >= 11 is 3.78. The minimum absolute atomic E-state index is 0. The molecule has 5 N–H and O–H groups in total. The molecule has 5 aromatic heterocycles. The van der Waals surface area contributed by atoms with Gasteiger partial charge in [-0.25, -0.2) is 62.9 Å². The van der Waals surface area contributed by atoms with Crippen LogP contribution in [0.25, 0.3) is 44.2 Å². The van der Waals surface area contributed by atoms with Crippen LogP contribution in [0.1, 0.15) is 177 Å². The number of thioether (sulfide) groups is 3. The maximum atomic E-state index is 14.0. The third-order valence-electron chi connectivity index (χ3n) is 26.7. The maximum absolute atomic E-state index is 14.0. The van der Waals surface area contributed by atoms with Crippen molar-refractivity contribution in [2.45, 2.75) is 265 Å². The summed E-state index contributed by atoms with van der Waals surface area (Å²) in [5.74, 6) is -10.5. The van der Waals surface area contributed by atoms with Crippen molar-refractivity contribution in [3.63, 3.8) is 0 Å². The molecule has 9 fully saturated rings. The van der Waals surface area contributed by atoms with Gasteiger partial charge in [0.05, 0.1) is 141 Å². The molecule has 6 saturated heterocycles. The predicted molar refractivity (Wildman–Crippen MR) is 485 cm³/mol. The van der Waals surface area contributed by atoms with Gasteiger partial charge in [-0.05, 0) is 80.5 Å². The van der Waals surface area contributed by atoms with Gasteiger partial charge in [-0.3, -0.25) is 9.59 Å². The van der Waals surface area contributed by atoms with Gasteiger partial charge in [-0.15, -0.1) is 73.1 Å². The normalized spacial score (nSPS) is 29.9. The van der Waals surface area contributed by atoms with E-state index in [2.05, 4.69) is 67.5 Å². The smallest absolute Gasteiger partial charge is 0.857 e. The van der Waals surface area contributed by atoms with E-state index in [0.29, 0.717) is 17.8 Å². The Balaban J connectivity index is 0.000000180. The fourth-order valence-corrected chi connectivity index (χ4v) is 23.5. The van der Waals surface area contributed by atoms with E-state index in [0.717, 1.165) is 93.4 Å². The molecule has 3 aliphatic carbocycles. The number of esters is 2. The molecule has 9 aliphatic rings. The summed E-state index contributed by atoms with van der Waals surface area (Å²) in [6.07, 6.45) is 22.9. The van der Waals surface area contributed by atoms with Crippen molar-refractivity contribution in [1.29, 1.82) is 0 Å². The number of aliphatic hydroxyl groups excluding tert-OH is 5. The second kappa shape index (κ2) is 52.9. The van der Waals surface area contributed by atoms with Gasteiger partial charge in [0.15, 0.2) is 52.4 Å². The van der Waals surface area contributed by atoms with E-state index in [1.807, 2.05) is 26.2 Å². The van der Waals surface area contributed by atoms with Crippen LogP contribution in [0.4, 0.5) is 39.5 Å². The minimum atomic E-state index is -1.60. The monoisotopic (exact) mass is 2050 g/mol. The summed E-state index contributed by atoms with van der Waals surface area (Å²) in [5.41, 5.74) is 8.61. The quantitative estimate of drug-likeness (QED) is 0.00532. The van der Waals surface area contributed by atoms with E-state index in [4.69, 9.17) is 69.2 Å². The zero-order valence-electron chi connectivity index (χ0n) is 79.1. The van der Waals surface area contributed by atoms with Crippen molar-refractivity contribution in [3.05, 3.63) is 142 Å². The molecule has 0 spiro atoms. The number of hydrogen-bond acceptors (Lipinski definition) is 33. The summed E-state index contributed by atoms with van der Waals surface area (Å²) < 4.78 is 196. The standard InChI is InChI=1S/C31H39F3N6O6S.C28H35F3N6O6S.C23H27F3N6O6S.C8H12.CH3O.Na/c1-16-25(14-45-17(2)41)46-31(30(43-3)28(16)40-12-23(36-38-40)19-9-20(32)27(34)21(33)10-19)47-26-15-44-13-24(29(26)42)39-11-22(35-37-39)18-7-5-4-6-8-18;1-41-27-24(37-10-19(33-35-37)15-7-16(29)23(31)17(30)8-15)26(40)21(11-38)43-28(27)44-22-13-42-12-20(25(22)39)36-9-18(32-34-36)14-5-3-2-4-6-14;1-10-17(8-37-11(2)33)38-23(39-18-9-36-7-16(21(18)34)28-30-27)22(35-3)20(10)32-6-15(29-31-32)12-4-13(24)19(26)14(25)5-12;1-2-8-6-4-3-5-7-8;1-2;/h9-12,16,18,24-26,28-31,42H,4-8,13-15H2,1-3H3;7-10,14,20-22,24-28,38-40H,2-6,11-13H2,1H3;4-6,10,16-18,20-23,34H,7-9H2,1-3H3;1,8H,3-7H2;1H3;/q;;;;-1;+1. The van der Waals surface area contributed by atoms with Gasteiger partial charge < -0.3 is 82.7 Å². The van der Waals surface area contributed by atoms with E-state index < -0.39 is 200 Å². The Kier molecular flexibility index (Phi) is 41.9. The topological polar surface area (TPSA) is 462 Å². The molecule has 11 heterocycles. The molecule has 8 aromatic rings. The number of carbonyl (C=O) groups is 2. The summed E-state index contributed by atoms with van der Waals surface area (Å²) in [5, 5.41) is 107. The van der Waals surface area contributed by atoms with Crippen LogP contribution in [0.15, 0.2) is 72.5 Å². The number of halogens is 9. The van der Waals surface area contributed by atoms with Gasteiger partial charge in [-0.2, -0.15) is 7.11 Å². The van der Waals surface area contributed by atoms with Crippen LogP contribution < -0.4 is 34.7 Å². The Morgan fingerprint density at radius 3 is 1.13 bits per heavy atom. The molecule has 766 valence electrons. The molecule has 6 aliphatic heterocycles. The second-order valence-corrected chi connectivity index (χ2v) is 39.7. The Morgan fingerprint density at radius 2 is 0.801 bits per heavy atom. The summed E-state index contributed by atoms with van der Waals surface area (Å²) in [7, 11) is 5.16. The number of carbonyl (C=O) groups excluding carboxylic acids is 2. The molecular weight excluding hydrogens is 1940 g/mol. The van der Waals surface area contributed by atoms with Crippen LogP contribution in [-0.4, -0.2) is 299 Å². The van der Waals surface area contributed by atoms with Crippen LogP contribution >= 0.6 is 35.3 Å². The van der Waals surface area contributed by atoms with Crippen molar-refractivity contribution in [2.75, 3.05) is 87.9 Å². The summed E-state index contributed by atoms with van der Waals surface area (Å²) in [4.78, 5) is 26.0. The van der Waals surface area contributed by atoms with Crippen molar-refractivity contribution in [2.24, 2.45) is 22.9 Å². The van der Waals surface area contributed by atoms with E-state index in [9.17, 15) is 74.6 Å². The van der Waals surface area contributed by atoms with Crippen LogP contribution in [0.5, 0.6) is 0 Å². The number of nitrogens with zero attached hydrogens (tertiary/aromatic N) is 18. The fourth-order valence-electron chi connectivity index (χ4n) is 19.0. The number of terminal acetylenes is 1. The molecule has 24 unspecified atom stereocenters. The summed E-state index contributed by atoms with van der Waals surface area (Å²) in [6.45, 7) is 6.82. The number of azide groups is 1. The zero-order valence-corrected chi connectivity index (χ0v) is 83.6. The number of methoxy groups -OCH3 is 3.